The largest absolute Gasteiger partial charge is 0.483 e. The van der Waals surface area contributed by atoms with Crippen LogP contribution >= 0.6 is 11.8 Å². The van der Waals surface area contributed by atoms with Crippen molar-refractivity contribution in [3.63, 3.8) is 0 Å². The molecule has 3 rings (SSSR count). The highest BCUT2D eigenvalue weighted by Crippen LogP contribution is 2.34. The maximum atomic E-state index is 13.7. The summed E-state index contributed by atoms with van der Waals surface area (Å²) in [6.45, 7) is 6.63. The molecular formula is C20H20FN3OS. The topological polar surface area (TPSA) is 39.9 Å². The highest BCUT2D eigenvalue weighted by molar-refractivity contribution is 7.99. The predicted molar refractivity (Wildman–Crippen MR) is 102 cm³/mol. The second-order valence-corrected chi connectivity index (χ2v) is 7.00. The van der Waals surface area contributed by atoms with Crippen LogP contribution in [-0.4, -0.2) is 14.8 Å². The molecule has 3 aromatic rings. The van der Waals surface area contributed by atoms with Gasteiger partial charge in [-0.3, -0.25) is 4.57 Å². The lowest BCUT2D eigenvalue weighted by Crippen LogP contribution is -2.08. The number of allylic oxidation sites excluding steroid dienone is 1. The van der Waals surface area contributed by atoms with E-state index in [1.165, 1.54) is 11.6 Å². The van der Waals surface area contributed by atoms with E-state index in [1.54, 1.807) is 36.0 Å². The molecule has 0 saturated carbocycles. The van der Waals surface area contributed by atoms with Gasteiger partial charge in [-0.1, -0.05) is 60.3 Å². The molecule has 0 saturated heterocycles. The first kappa shape index (κ1) is 18.2. The van der Waals surface area contributed by atoms with E-state index >= 15 is 0 Å². The normalized spacial score (nSPS) is 11.9. The van der Waals surface area contributed by atoms with Crippen molar-refractivity contribution in [2.75, 3.05) is 0 Å². The van der Waals surface area contributed by atoms with Crippen molar-refractivity contribution in [1.29, 1.82) is 0 Å². The van der Waals surface area contributed by atoms with Gasteiger partial charge in [0, 0.05) is 11.8 Å². The molecular weight excluding hydrogens is 349 g/mol. The summed E-state index contributed by atoms with van der Waals surface area (Å²) in [5.41, 5.74) is 1.22. The van der Waals surface area contributed by atoms with Crippen molar-refractivity contribution >= 4 is 11.8 Å². The molecule has 0 amide bonds. The second kappa shape index (κ2) is 8.67. The van der Waals surface area contributed by atoms with Crippen molar-refractivity contribution in [3.05, 3.63) is 84.5 Å². The molecule has 0 aliphatic heterocycles. The molecule has 0 N–H and O–H groups in total. The predicted octanol–water partition coefficient (Wildman–Crippen LogP) is 5.04. The van der Waals surface area contributed by atoms with Gasteiger partial charge >= 0.3 is 0 Å². The number of nitrogens with zero attached hydrogens (tertiary/aromatic N) is 3. The summed E-state index contributed by atoms with van der Waals surface area (Å²) in [6, 6.07) is 16.5. The molecule has 1 aromatic heterocycles. The van der Waals surface area contributed by atoms with Crippen LogP contribution in [0.4, 0.5) is 4.39 Å². The molecule has 0 aliphatic rings. The Labute approximate surface area is 156 Å². The van der Waals surface area contributed by atoms with E-state index in [2.05, 4.69) is 35.8 Å². The van der Waals surface area contributed by atoms with Gasteiger partial charge in [-0.2, -0.15) is 0 Å². The number of thioether (sulfide) groups is 1. The van der Waals surface area contributed by atoms with Gasteiger partial charge < -0.3 is 4.74 Å². The van der Waals surface area contributed by atoms with Crippen molar-refractivity contribution in [2.45, 2.75) is 30.5 Å². The SMILES string of the molecule is C=CCn1c(COc2ccccc2F)nnc1S[C@@H](C)c1ccccc1. The zero-order valence-electron chi connectivity index (χ0n) is 14.5. The third kappa shape index (κ3) is 4.32. The first-order valence-corrected chi connectivity index (χ1v) is 9.19. The average molecular weight is 369 g/mol. The monoisotopic (exact) mass is 369 g/mol. The summed E-state index contributed by atoms with van der Waals surface area (Å²) in [6.07, 6.45) is 1.78. The summed E-state index contributed by atoms with van der Waals surface area (Å²) in [7, 11) is 0. The van der Waals surface area contributed by atoms with E-state index in [-0.39, 0.29) is 17.6 Å². The number of rotatable bonds is 8. The molecule has 0 unspecified atom stereocenters. The highest BCUT2D eigenvalue weighted by Gasteiger charge is 2.16. The third-order valence-electron chi connectivity index (χ3n) is 3.85. The molecule has 0 aliphatic carbocycles. The van der Waals surface area contributed by atoms with Crippen molar-refractivity contribution in [1.82, 2.24) is 14.8 Å². The second-order valence-electron chi connectivity index (χ2n) is 5.69. The summed E-state index contributed by atoms with van der Waals surface area (Å²) >= 11 is 1.62. The van der Waals surface area contributed by atoms with Gasteiger partial charge in [0.2, 0.25) is 0 Å². The van der Waals surface area contributed by atoms with E-state index in [4.69, 9.17) is 4.74 Å². The van der Waals surface area contributed by atoms with Crippen LogP contribution in [0.1, 0.15) is 23.6 Å². The Bertz CT molecular complexity index is 867. The molecule has 0 fully saturated rings. The van der Waals surface area contributed by atoms with Gasteiger partial charge in [0.1, 0.15) is 6.61 Å². The number of ether oxygens (including phenoxy) is 1. The van der Waals surface area contributed by atoms with Crippen LogP contribution in [0.5, 0.6) is 5.75 Å². The lowest BCUT2D eigenvalue weighted by molar-refractivity contribution is 0.275. The van der Waals surface area contributed by atoms with Gasteiger partial charge in [0.25, 0.3) is 0 Å². The Morgan fingerprint density at radius 2 is 1.88 bits per heavy atom. The quantitative estimate of drug-likeness (QED) is 0.412. The number of para-hydroxylation sites is 1. The van der Waals surface area contributed by atoms with Crippen molar-refractivity contribution < 1.29 is 9.13 Å². The molecule has 2 aromatic carbocycles. The fourth-order valence-electron chi connectivity index (χ4n) is 2.48. The third-order valence-corrected chi connectivity index (χ3v) is 4.99. The van der Waals surface area contributed by atoms with Gasteiger partial charge in [-0.15, -0.1) is 16.8 Å². The van der Waals surface area contributed by atoms with E-state index < -0.39 is 5.82 Å². The maximum absolute atomic E-state index is 13.7. The van der Waals surface area contributed by atoms with E-state index in [0.29, 0.717) is 12.4 Å². The molecule has 0 spiro atoms. The Hall–Kier alpha value is -2.60. The lowest BCUT2D eigenvalue weighted by Gasteiger charge is -2.13. The van der Waals surface area contributed by atoms with Crippen LogP contribution < -0.4 is 4.74 Å². The maximum Gasteiger partial charge on any atom is 0.192 e. The molecule has 0 bridgehead atoms. The summed E-state index contributed by atoms with van der Waals surface area (Å²) < 4.78 is 21.2. The van der Waals surface area contributed by atoms with Crippen LogP contribution in [0.15, 0.2) is 72.4 Å². The molecule has 134 valence electrons. The first-order valence-electron chi connectivity index (χ1n) is 8.31. The minimum absolute atomic E-state index is 0.141. The van der Waals surface area contributed by atoms with Gasteiger partial charge in [0.05, 0.1) is 0 Å². The zero-order valence-corrected chi connectivity index (χ0v) is 15.3. The highest BCUT2D eigenvalue weighted by atomic mass is 32.2. The average Bonchev–Trinajstić information content (AvgIpc) is 3.04. The van der Waals surface area contributed by atoms with Crippen molar-refractivity contribution in [2.24, 2.45) is 0 Å². The Balaban J connectivity index is 1.75. The van der Waals surface area contributed by atoms with Gasteiger partial charge in [0.15, 0.2) is 22.5 Å². The fourth-order valence-corrected chi connectivity index (χ4v) is 3.48. The van der Waals surface area contributed by atoms with Crippen LogP contribution in [0.25, 0.3) is 0 Å². The van der Waals surface area contributed by atoms with E-state index in [0.717, 1.165) is 5.16 Å². The standard InChI is InChI=1S/C20H20FN3OS/c1-3-13-24-19(14-25-18-12-8-7-11-17(18)21)22-23-20(24)26-15(2)16-9-5-4-6-10-16/h3-12,15H,1,13-14H2,2H3/t15-/m0/s1. The minimum atomic E-state index is -0.394. The molecule has 6 heteroatoms. The molecule has 0 radical (unpaired) electrons. The number of hydrogen-bond donors (Lipinski definition) is 0. The molecule has 4 nitrogen and oxygen atoms in total. The number of hydrogen-bond acceptors (Lipinski definition) is 4. The summed E-state index contributed by atoms with van der Waals surface area (Å²) in [5, 5.41) is 9.52. The van der Waals surface area contributed by atoms with Gasteiger partial charge in [-0.05, 0) is 24.6 Å². The van der Waals surface area contributed by atoms with Crippen LogP contribution in [-0.2, 0) is 13.2 Å². The van der Waals surface area contributed by atoms with E-state index in [1.807, 2.05) is 22.8 Å². The Morgan fingerprint density at radius 1 is 1.15 bits per heavy atom. The lowest BCUT2D eigenvalue weighted by atomic mass is 10.2. The van der Waals surface area contributed by atoms with Crippen molar-refractivity contribution in [3.8, 4) is 5.75 Å². The van der Waals surface area contributed by atoms with Crippen LogP contribution in [0, 0.1) is 5.82 Å². The summed E-state index contributed by atoms with van der Waals surface area (Å²) in [4.78, 5) is 0. The Kier molecular flexibility index (Phi) is 6.07. The Morgan fingerprint density at radius 3 is 2.62 bits per heavy atom. The molecule has 26 heavy (non-hydrogen) atoms. The first-order chi connectivity index (χ1) is 12.7. The number of halogens is 1. The van der Waals surface area contributed by atoms with Gasteiger partial charge in [-0.25, -0.2) is 4.39 Å². The van der Waals surface area contributed by atoms with E-state index in [9.17, 15) is 4.39 Å². The molecule has 1 atom stereocenters. The van der Waals surface area contributed by atoms with Crippen LogP contribution in [0.3, 0.4) is 0 Å². The molecule has 1 heterocycles. The minimum Gasteiger partial charge on any atom is -0.483 e. The summed E-state index contributed by atoms with van der Waals surface area (Å²) in [5.74, 6) is 0.443. The zero-order chi connectivity index (χ0) is 18.4. The smallest absolute Gasteiger partial charge is 0.192 e. The van der Waals surface area contributed by atoms with Crippen LogP contribution in [0.2, 0.25) is 0 Å². The number of benzene rings is 2. The number of aromatic nitrogens is 3. The fraction of sp³-hybridized carbons (Fsp3) is 0.200.